The zero-order chi connectivity index (χ0) is 14.8. The Morgan fingerprint density at radius 2 is 2.05 bits per heavy atom. The number of carbonyl (C=O) groups excluding carboxylic acids is 1. The van der Waals surface area contributed by atoms with E-state index in [0.717, 1.165) is 29.5 Å². The lowest BCUT2D eigenvalue weighted by Crippen LogP contribution is -2.49. The van der Waals surface area contributed by atoms with Gasteiger partial charge in [-0.1, -0.05) is 30.3 Å². The molecule has 2 aromatic rings. The van der Waals surface area contributed by atoms with Crippen molar-refractivity contribution in [3.63, 3.8) is 0 Å². The van der Waals surface area contributed by atoms with Crippen molar-refractivity contribution in [3.05, 3.63) is 52.0 Å². The zero-order valence-corrected chi connectivity index (χ0v) is 13.1. The first-order chi connectivity index (χ1) is 10.1. The summed E-state index contributed by atoms with van der Waals surface area (Å²) in [5.74, 6) is 0.0996. The summed E-state index contributed by atoms with van der Waals surface area (Å²) in [5, 5.41) is 0.934. The van der Waals surface area contributed by atoms with Gasteiger partial charge in [0, 0.05) is 19.6 Å². The predicted octanol–water partition coefficient (Wildman–Crippen LogP) is 2.58. The summed E-state index contributed by atoms with van der Waals surface area (Å²) in [4.78, 5) is 22.0. The van der Waals surface area contributed by atoms with Gasteiger partial charge < -0.3 is 9.80 Å². The summed E-state index contributed by atoms with van der Waals surface area (Å²) in [5.41, 5.74) is 1.19. The lowest BCUT2D eigenvalue weighted by molar-refractivity contribution is 0.0502. The van der Waals surface area contributed by atoms with Gasteiger partial charge >= 0.3 is 0 Å². The predicted molar refractivity (Wildman–Crippen MR) is 84.6 cm³/mol. The molecule has 1 atom stereocenters. The highest BCUT2D eigenvalue weighted by Crippen LogP contribution is 2.27. The van der Waals surface area contributed by atoms with Crippen LogP contribution in [0.4, 0.5) is 0 Å². The maximum atomic E-state index is 12.8. The molecule has 1 aliphatic heterocycles. The fourth-order valence-electron chi connectivity index (χ4n) is 2.72. The van der Waals surface area contributed by atoms with Crippen LogP contribution in [0.1, 0.15) is 26.3 Å². The molecule has 110 valence electrons. The van der Waals surface area contributed by atoms with Gasteiger partial charge in [-0.05, 0) is 19.5 Å². The highest BCUT2D eigenvalue weighted by molar-refractivity contribution is 7.13. The van der Waals surface area contributed by atoms with Crippen LogP contribution in [0.3, 0.4) is 0 Å². The van der Waals surface area contributed by atoms with Crippen LogP contribution in [-0.4, -0.2) is 47.4 Å². The lowest BCUT2D eigenvalue weighted by Gasteiger charge is -2.40. The largest absolute Gasteiger partial charge is 0.328 e. The van der Waals surface area contributed by atoms with Crippen LogP contribution in [0.25, 0.3) is 0 Å². The van der Waals surface area contributed by atoms with Crippen molar-refractivity contribution in [1.82, 2.24) is 14.8 Å². The van der Waals surface area contributed by atoms with E-state index in [1.165, 1.54) is 16.9 Å². The minimum absolute atomic E-state index is 0.0996. The Morgan fingerprint density at radius 3 is 2.71 bits per heavy atom. The topological polar surface area (TPSA) is 36.4 Å². The molecule has 1 fully saturated rings. The fourth-order valence-corrected chi connectivity index (χ4v) is 3.46. The highest BCUT2D eigenvalue weighted by Gasteiger charge is 2.31. The van der Waals surface area contributed by atoms with E-state index in [9.17, 15) is 4.79 Å². The minimum Gasteiger partial charge on any atom is -0.328 e. The maximum Gasteiger partial charge on any atom is 0.266 e. The summed E-state index contributed by atoms with van der Waals surface area (Å²) in [6.45, 7) is 4.46. The van der Waals surface area contributed by atoms with Crippen molar-refractivity contribution in [3.8, 4) is 0 Å². The number of likely N-dealkylation sites (N-methyl/N-ethyl adjacent to an activating group) is 1. The highest BCUT2D eigenvalue weighted by atomic mass is 32.1. The van der Waals surface area contributed by atoms with Gasteiger partial charge in [-0.25, -0.2) is 4.98 Å². The van der Waals surface area contributed by atoms with Gasteiger partial charge in [0.15, 0.2) is 0 Å². The molecule has 0 aliphatic carbocycles. The van der Waals surface area contributed by atoms with Crippen molar-refractivity contribution in [2.24, 2.45) is 0 Å². The monoisotopic (exact) mass is 301 g/mol. The molecule has 1 aliphatic rings. The van der Waals surface area contributed by atoms with Crippen LogP contribution < -0.4 is 0 Å². The SMILES string of the molecule is Cc1ncc(C(=O)N2CCN(C)CC2c2ccccc2)s1. The third-order valence-corrected chi connectivity index (χ3v) is 4.76. The Kier molecular flexibility index (Phi) is 4.03. The normalized spacial score (nSPS) is 19.7. The molecule has 0 N–H and O–H groups in total. The molecule has 1 unspecified atom stereocenters. The molecule has 1 amide bonds. The van der Waals surface area contributed by atoms with Crippen LogP contribution in [0, 0.1) is 6.92 Å². The van der Waals surface area contributed by atoms with E-state index in [-0.39, 0.29) is 11.9 Å². The molecule has 3 rings (SSSR count). The number of hydrogen-bond donors (Lipinski definition) is 0. The van der Waals surface area contributed by atoms with Crippen molar-refractivity contribution >= 4 is 17.2 Å². The Morgan fingerprint density at radius 1 is 1.29 bits per heavy atom. The number of benzene rings is 1. The summed E-state index contributed by atoms with van der Waals surface area (Å²) >= 11 is 1.47. The van der Waals surface area contributed by atoms with Gasteiger partial charge in [0.05, 0.1) is 17.2 Å². The number of aromatic nitrogens is 1. The van der Waals surface area contributed by atoms with E-state index in [2.05, 4.69) is 29.1 Å². The summed E-state index contributed by atoms with van der Waals surface area (Å²) < 4.78 is 0. The van der Waals surface area contributed by atoms with Crippen LogP contribution >= 0.6 is 11.3 Å². The van der Waals surface area contributed by atoms with E-state index in [1.54, 1.807) is 6.20 Å². The van der Waals surface area contributed by atoms with E-state index in [1.807, 2.05) is 30.0 Å². The van der Waals surface area contributed by atoms with Crippen LogP contribution in [0.2, 0.25) is 0 Å². The number of hydrogen-bond acceptors (Lipinski definition) is 4. The molecule has 0 spiro atoms. The number of aryl methyl sites for hydroxylation is 1. The Balaban J connectivity index is 1.89. The summed E-state index contributed by atoms with van der Waals surface area (Å²) in [6, 6.07) is 10.4. The van der Waals surface area contributed by atoms with Crippen molar-refractivity contribution in [1.29, 1.82) is 0 Å². The number of piperazine rings is 1. The van der Waals surface area contributed by atoms with E-state index >= 15 is 0 Å². The molecule has 0 saturated carbocycles. The summed E-state index contributed by atoms with van der Waals surface area (Å²) in [6.07, 6.45) is 1.70. The average Bonchev–Trinajstić information content (AvgIpc) is 2.94. The number of rotatable bonds is 2. The smallest absolute Gasteiger partial charge is 0.266 e. The zero-order valence-electron chi connectivity index (χ0n) is 12.3. The average molecular weight is 301 g/mol. The Hall–Kier alpha value is -1.72. The van der Waals surface area contributed by atoms with Gasteiger partial charge in [0.1, 0.15) is 4.88 Å². The van der Waals surface area contributed by atoms with Crippen molar-refractivity contribution < 1.29 is 4.79 Å². The fraction of sp³-hybridized carbons (Fsp3) is 0.375. The molecule has 2 heterocycles. The van der Waals surface area contributed by atoms with Crippen LogP contribution in [-0.2, 0) is 0 Å². The second-order valence-corrected chi connectivity index (χ2v) is 6.67. The lowest BCUT2D eigenvalue weighted by atomic mass is 10.0. The standard InChI is InChI=1S/C16H19N3OS/c1-12-17-10-15(21-12)16(20)19-9-8-18(2)11-14(19)13-6-4-3-5-7-13/h3-7,10,14H,8-9,11H2,1-2H3. The molecule has 5 heteroatoms. The molecule has 1 aromatic carbocycles. The number of amides is 1. The first-order valence-electron chi connectivity index (χ1n) is 7.12. The van der Waals surface area contributed by atoms with E-state index < -0.39 is 0 Å². The van der Waals surface area contributed by atoms with Gasteiger partial charge in [-0.15, -0.1) is 11.3 Å². The van der Waals surface area contributed by atoms with Gasteiger partial charge in [-0.3, -0.25) is 4.79 Å². The molecular formula is C16H19N3OS. The molecule has 4 nitrogen and oxygen atoms in total. The van der Waals surface area contributed by atoms with E-state index in [4.69, 9.17) is 0 Å². The Labute approximate surface area is 129 Å². The maximum absolute atomic E-state index is 12.8. The first kappa shape index (κ1) is 14.2. The number of carbonyl (C=O) groups is 1. The van der Waals surface area contributed by atoms with Crippen molar-refractivity contribution in [2.45, 2.75) is 13.0 Å². The summed E-state index contributed by atoms with van der Waals surface area (Å²) in [7, 11) is 2.11. The Bertz CT molecular complexity index is 625. The molecule has 21 heavy (non-hydrogen) atoms. The third-order valence-electron chi connectivity index (χ3n) is 3.86. The molecular weight excluding hydrogens is 282 g/mol. The van der Waals surface area contributed by atoms with Gasteiger partial charge in [0.25, 0.3) is 5.91 Å². The number of nitrogens with zero attached hydrogens (tertiary/aromatic N) is 3. The van der Waals surface area contributed by atoms with Crippen LogP contribution in [0.15, 0.2) is 36.5 Å². The molecule has 0 radical (unpaired) electrons. The van der Waals surface area contributed by atoms with E-state index in [0.29, 0.717) is 0 Å². The molecule has 1 saturated heterocycles. The molecule has 1 aromatic heterocycles. The van der Waals surface area contributed by atoms with Crippen LogP contribution in [0.5, 0.6) is 0 Å². The number of thiazole rings is 1. The minimum atomic E-state index is 0.0996. The molecule has 0 bridgehead atoms. The first-order valence-corrected chi connectivity index (χ1v) is 7.93. The van der Waals surface area contributed by atoms with Gasteiger partial charge in [0.2, 0.25) is 0 Å². The van der Waals surface area contributed by atoms with Crippen molar-refractivity contribution in [2.75, 3.05) is 26.7 Å². The quantitative estimate of drug-likeness (QED) is 0.855. The third kappa shape index (κ3) is 2.99. The second kappa shape index (κ2) is 5.95. The van der Waals surface area contributed by atoms with Gasteiger partial charge in [-0.2, -0.15) is 0 Å². The second-order valence-electron chi connectivity index (χ2n) is 5.43.